The van der Waals surface area contributed by atoms with Gasteiger partial charge in [-0.3, -0.25) is 4.79 Å². The molecule has 8 rings (SSSR count). The second-order valence-corrected chi connectivity index (χ2v) is 24.6. The fourth-order valence-corrected chi connectivity index (χ4v) is 14.1. The van der Waals surface area contributed by atoms with E-state index in [0.29, 0.717) is 44.1 Å². The van der Waals surface area contributed by atoms with Gasteiger partial charge in [0.1, 0.15) is 5.75 Å². The predicted octanol–water partition coefficient (Wildman–Crippen LogP) is 9.06. The van der Waals surface area contributed by atoms with Crippen LogP contribution in [0, 0.1) is 29.6 Å². The third-order valence-corrected chi connectivity index (χ3v) is 18.7. The lowest BCUT2D eigenvalue weighted by Gasteiger charge is -2.52. The number of phenolic OH excluding ortho intramolecular Hbond substituents is 1. The van der Waals surface area contributed by atoms with Crippen molar-refractivity contribution in [3.8, 4) is 17.6 Å². The van der Waals surface area contributed by atoms with Gasteiger partial charge in [-0.15, -0.1) is 0 Å². The van der Waals surface area contributed by atoms with Gasteiger partial charge >= 0.3 is 5.97 Å². The first-order valence-corrected chi connectivity index (χ1v) is 29.7. The Morgan fingerprint density at radius 2 is 1.62 bits per heavy atom. The number of benzene rings is 3. The van der Waals surface area contributed by atoms with Gasteiger partial charge < -0.3 is 56.6 Å². The molecule has 2 fully saturated rings. The number of aromatic hydroxyl groups is 1. The van der Waals surface area contributed by atoms with Crippen LogP contribution in [0.1, 0.15) is 184 Å². The SMILES string of the molecule is CCCC[C@H](O)[C@H](O)/C=C/C1=C(\C[C@H](O)CO)[C@H]2CC[C@H](O)[C@@H]3N[C@@H](C)CC[C@@H]([C@H]3CC(=O)O)[C@H](O)C3(CCCCC3)c3ccc(cc3)C[C@]([C@@](C)(O)[C@H](CCC(C)C)c3ccc(O)cc3)(CC#Cc3ccccc3CC1)N2. The number of carboxylic acids is 1. The number of hydrogen-bond donors (Lipinski definition) is 11. The lowest BCUT2D eigenvalue weighted by Crippen LogP contribution is -2.67. The van der Waals surface area contributed by atoms with E-state index in [1.54, 1.807) is 18.2 Å². The zero-order valence-corrected chi connectivity index (χ0v) is 47.3. The van der Waals surface area contributed by atoms with Crippen LogP contribution in [0.25, 0.3) is 0 Å². The van der Waals surface area contributed by atoms with Crippen LogP contribution in [0.15, 0.2) is 96.1 Å². The number of unbranched alkanes of at least 4 members (excludes halogenated alkanes) is 1. The van der Waals surface area contributed by atoms with Crippen molar-refractivity contribution in [1.29, 1.82) is 0 Å². The normalized spacial score (nSPS) is 29.4. The summed E-state index contributed by atoms with van der Waals surface area (Å²) in [5.41, 5.74) is 2.33. The molecule has 0 unspecified atom stereocenters. The van der Waals surface area contributed by atoms with Crippen LogP contribution in [0.3, 0.4) is 0 Å². The van der Waals surface area contributed by atoms with Crippen molar-refractivity contribution < 1.29 is 50.8 Å². The standard InChI is InChI=1S/C66H94N2O10/c1-6-7-17-58(72)59(73)34-26-48-23-22-47-15-10-9-14-46(47)16-13-38-66(64(5,78)56(32-18-43(2)3)49-24-29-51(70)30-25-49)41-45-20-27-50(28-21-45)65(36-11-8-12-37-65)63(77)53-31-19-44(4)67-62(55(53)40-61(75)76)60(74)35-33-57(68-66)54(48)39-52(71)42-69/h9-10,14-15,20-21,24-30,34,43-44,52-53,55-60,62-63,67-74,77-78H,6-8,11-12,17-19,22-23,31-33,35-42H2,1-5H3,(H,75,76)/b34-26+,54-48+/t44-,52-,53-,55+,56+,57+,58-,59+,60-,62+,63-,64-,66-/m0/s1. The molecule has 1 saturated carbocycles. The van der Waals surface area contributed by atoms with Gasteiger partial charge in [-0.1, -0.05) is 138 Å². The highest BCUT2D eigenvalue weighted by Crippen LogP contribution is 2.50. The first-order chi connectivity index (χ1) is 37.3. The van der Waals surface area contributed by atoms with E-state index >= 15 is 0 Å². The lowest BCUT2D eigenvalue weighted by atomic mass is 9.59. The predicted molar refractivity (Wildman–Crippen MR) is 308 cm³/mol. The monoisotopic (exact) mass is 1070 g/mol. The molecule has 3 aromatic carbocycles. The molecule has 78 heavy (non-hydrogen) atoms. The van der Waals surface area contributed by atoms with Crippen molar-refractivity contribution in [2.75, 3.05) is 6.61 Å². The largest absolute Gasteiger partial charge is 0.508 e. The number of aryl methyl sites for hydroxylation is 1. The van der Waals surface area contributed by atoms with Crippen molar-refractivity contribution in [2.24, 2.45) is 17.8 Å². The summed E-state index contributed by atoms with van der Waals surface area (Å²) >= 11 is 0. The summed E-state index contributed by atoms with van der Waals surface area (Å²) in [4.78, 5) is 13.1. The molecule has 3 aromatic rings. The van der Waals surface area contributed by atoms with Crippen LogP contribution in [-0.2, 0) is 23.1 Å². The average Bonchev–Trinajstić information content (AvgIpc) is 3.77. The number of aliphatic hydroxyl groups is 7. The van der Waals surface area contributed by atoms with E-state index in [1.807, 2.05) is 56.3 Å². The van der Waals surface area contributed by atoms with Crippen molar-refractivity contribution >= 4 is 5.97 Å². The molecule has 0 radical (unpaired) electrons. The number of nitrogens with one attached hydrogen (secondary N) is 2. The molecule has 1 spiro atoms. The topological polar surface area (TPSA) is 223 Å². The highest BCUT2D eigenvalue weighted by molar-refractivity contribution is 5.67. The maximum atomic E-state index is 14.3. The highest BCUT2D eigenvalue weighted by atomic mass is 16.4. The van der Waals surface area contributed by atoms with Crippen molar-refractivity contribution in [3.63, 3.8) is 0 Å². The van der Waals surface area contributed by atoms with E-state index < -0.39 is 89.5 Å². The number of fused-ring (bicyclic) bond motifs is 5. The summed E-state index contributed by atoms with van der Waals surface area (Å²) in [5.74, 6) is 4.95. The van der Waals surface area contributed by atoms with Crippen molar-refractivity contribution in [3.05, 3.63) is 124 Å². The lowest BCUT2D eigenvalue weighted by molar-refractivity contribution is -0.140. The summed E-state index contributed by atoms with van der Waals surface area (Å²) in [6, 6.07) is 22.0. The van der Waals surface area contributed by atoms with Crippen LogP contribution in [-0.4, -0.2) is 118 Å². The molecule has 12 nitrogen and oxygen atoms in total. The number of allylic oxidation sites excluding steroid dienone is 2. The van der Waals surface area contributed by atoms with Crippen molar-refractivity contribution in [2.45, 2.75) is 234 Å². The van der Waals surface area contributed by atoms with Gasteiger partial charge in [-0.25, -0.2) is 0 Å². The highest BCUT2D eigenvalue weighted by Gasteiger charge is 2.54. The zero-order chi connectivity index (χ0) is 56.2. The summed E-state index contributed by atoms with van der Waals surface area (Å²) in [6.07, 6.45) is 8.30. The van der Waals surface area contributed by atoms with E-state index in [2.05, 4.69) is 67.5 Å². The number of aliphatic carboxylic acids is 1. The van der Waals surface area contributed by atoms with Gasteiger partial charge in [-0.2, -0.15) is 0 Å². The van der Waals surface area contributed by atoms with E-state index in [0.717, 1.165) is 84.8 Å². The molecule has 1 saturated heterocycles. The Balaban J connectivity index is 1.56. The molecule has 12 heteroatoms. The van der Waals surface area contributed by atoms with E-state index in [-0.39, 0.29) is 56.2 Å². The Labute approximate surface area is 465 Å². The summed E-state index contributed by atoms with van der Waals surface area (Å²) in [6.45, 7) is 9.74. The molecule has 0 aromatic heterocycles. The van der Waals surface area contributed by atoms with Gasteiger partial charge in [0.15, 0.2) is 0 Å². The third kappa shape index (κ3) is 14.7. The fraction of sp³-hybridized carbons (Fsp3) is 0.621. The first kappa shape index (κ1) is 61.2. The Morgan fingerprint density at radius 3 is 2.29 bits per heavy atom. The van der Waals surface area contributed by atoms with Gasteiger partial charge in [0.25, 0.3) is 0 Å². The summed E-state index contributed by atoms with van der Waals surface area (Å²) in [7, 11) is 0. The van der Waals surface area contributed by atoms with E-state index in [4.69, 9.17) is 0 Å². The molecular formula is C66H94N2O10. The number of rotatable bonds is 17. The first-order valence-electron chi connectivity index (χ1n) is 29.7. The maximum Gasteiger partial charge on any atom is 0.303 e. The molecule has 4 heterocycles. The number of carbonyl (C=O) groups is 1. The molecule has 1 aliphatic carbocycles. The van der Waals surface area contributed by atoms with Gasteiger partial charge in [0.2, 0.25) is 0 Å². The van der Waals surface area contributed by atoms with Crippen LogP contribution in [0.2, 0.25) is 0 Å². The molecule has 13 atom stereocenters. The minimum atomic E-state index is -1.65. The van der Waals surface area contributed by atoms with Crippen molar-refractivity contribution in [1.82, 2.24) is 10.6 Å². The van der Waals surface area contributed by atoms with Crippen LogP contribution >= 0.6 is 0 Å². The molecule has 5 aliphatic rings. The Morgan fingerprint density at radius 1 is 0.897 bits per heavy atom. The molecule has 6 bridgehead atoms. The zero-order valence-electron chi connectivity index (χ0n) is 47.3. The average molecular weight is 1080 g/mol. The number of hydrogen-bond acceptors (Lipinski definition) is 11. The van der Waals surface area contributed by atoms with Crippen LogP contribution < -0.4 is 10.6 Å². The summed E-state index contributed by atoms with van der Waals surface area (Å²) in [5, 5.41) is 115. The second kappa shape index (κ2) is 27.9. The van der Waals surface area contributed by atoms with Gasteiger partial charge in [0.05, 0.1) is 54.7 Å². The number of phenols is 1. The summed E-state index contributed by atoms with van der Waals surface area (Å²) < 4.78 is 0. The molecule has 428 valence electrons. The van der Waals surface area contributed by atoms with E-state index in [9.17, 15) is 50.8 Å². The second-order valence-electron chi connectivity index (χ2n) is 24.6. The smallest absolute Gasteiger partial charge is 0.303 e. The van der Waals surface area contributed by atoms with Crippen LogP contribution in [0.5, 0.6) is 5.75 Å². The Hall–Kier alpha value is -4.39. The molecule has 11 N–H and O–H groups in total. The Bertz CT molecular complexity index is 2510. The molecule has 0 amide bonds. The fourth-order valence-electron chi connectivity index (χ4n) is 14.1. The maximum absolute atomic E-state index is 14.3. The van der Waals surface area contributed by atoms with Crippen LogP contribution in [0.4, 0.5) is 0 Å². The minimum Gasteiger partial charge on any atom is -0.508 e. The third-order valence-electron chi connectivity index (χ3n) is 18.7. The number of carboxylic acid groups (broad SMARTS) is 1. The quantitative estimate of drug-likeness (QED) is 0.0570. The molecular weight excluding hydrogens is 981 g/mol. The van der Waals surface area contributed by atoms with E-state index in [1.165, 1.54) is 0 Å². The Kier molecular flexibility index (Phi) is 21.9. The number of aliphatic hydroxyl groups excluding tert-OH is 6. The van der Waals surface area contributed by atoms with Gasteiger partial charge in [-0.05, 0) is 160 Å². The minimum absolute atomic E-state index is 0.0237. The van der Waals surface area contributed by atoms with Gasteiger partial charge in [0, 0.05) is 41.4 Å². The molecule has 4 aliphatic heterocycles.